The minimum atomic E-state index is -1.17. The van der Waals surface area contributed by atoms with Crippen LogP contribution in [0.25, 0.3) is 5.95 Å². The second-order valence-corrected chi connectivity index (χ2v) is 3.66. The monoisotopic (exact) mass is 245 g/mol. The van der Waals surface area contributed by atoms with Crippen LogP contribution in [0.1, 0.15) is 18.1 Å². The van der Waals surface area contributed by atoms with Gasteiger partial charge >= 0.3 is 0 Å². The molecular weight excluding hydrogens is 234 g/mol. The minimum Gasteiger partial charge on any atom is -0.389 e. The molecule has 0 saturated carbocycles. The summed E-state index contributed by atoms with van der Waals surface area (Å²) in [4.78, 5) is 12.0. The van der Waals surface area contributed by atoms with Crippen LogP contribution in [-0.2, 0) is 0 Å². The molecule has 0 aliphatic heterocycles. The van der Waals surface area contributed by atoms with Crippen LogP contribution in [0, 0.1) is 11.3 Å². The number of aromatic nitrogens is 4. The summed E-state index contributed by atoms with van der Waals surface area (Å²) in [5.74, 6) is 0.415. The van der Waals surface area contributed by atoms with E-state index in [-0.39, 0.29) is 6.42 Å². The highest BCUT2D eigenvalue weighted by Gasteiger charge is 2.18. The largest absolute Gasteiger partial charge is 0.389 e. The lowest BCUT2D eigenvalue weighted by Crippen LogP contribution is -2.18. The molecule has 2 heterocycles. The summed E-state index contributed by atoms with van der Waals surface area (Å²) in [6.45, 7) is 0. The van der Waals surface area contributed by atoms with Gasteiger partial charge in [-0.25, -0.2) is 15.0 Å². The minimum absolute atomic E-state index is 0.148. The quantitative estimate of drug-likeness (QED) is 0.783. The van der Waals surface area contributed by atoms with Crippen molar-refractivity contribution in [3.8, 4) is 12.0 Å². The predicted octanol–water partition coefficient (Wildman–Crippen LogP) is -0.0297. The van der Waals surface area contributed by atoms with Crippen LogP contribution in [-0.4, -0.2) is 35.8 Å². The molecule has 2 aromatic heterocycles. The van der Waals surface area contributed by atoms with Crippen LogP contribution in [0.5, 0.6) is 0 Å². The number of imidazole rings is 1. The first-order valence-corrected chi connectivity index (χ1v) is 5.25. The van der Waals surface area contributed by atoms with E-state index in [1.807, 2.05) is 0 Å². The van der Waals surface area contributed by atoms with E-state index in [1.54, 1.807) is 29.4 Å². The molecule has 0 spiro atoms. The summed E-state index contributed by atoms with van der Waals surface area (Å²) < 4.78 is 1.61. The van der Waals surface area contributed by atoms with Crippen LogP contribution < -0.4 is 0 Å². The van der Waals surface area contributed by atoms with Gasteiger partial charge in [0.05, 0.1) is 18.6 Å². The molecule has 7 heteroatoms. The topological polar surface area (TPSA) is 108 Å². The van der Waals surface area contributed by atoms with E-state index in [1.165, 1.54) is 12.4 Å². The molecule has 2 aromatic rings. The number of hydrogen-bond donors (Lipinski definition) is 2. The lowest BCUT2D eigenvalue weighted by atomic mass is 10.1. The van der Waals surface area contributed by atoms with Crippen molar-refractivity contribution < 1.29 is 10.2 Å². The molecule has 2 N–H and O–H groups in total. The van der Waals surface area contributed by atoms with Gasteiger partial charge < -0.3 is 10.2 Å². The number of aliphatic hydroxyl groups excluding tert-OH is 2. The summed E-state index contributed by atoms with van der Waals surface area (Å²) in [6, 6.07) is 1.79. The summed E-state index contributed by atoms with van der Waals surface area (Å²) in [5.41, 5.74) is 0.363. The summed E-state index contributed by atoms with van der Waals surface area (Å²) in [5, 5.41) is 27.7. The van der Waals surface area contributed by atoms with Crippen molar-refractivity contribution in [2.24, 2.45) is 0 Å². The van der Waals surface area contributed by atoms with Gasteiger partial charge in [-0.2, -0.15) is 5.26 Å². The van der Waals surface area contributed by atoms with E-state index < -0.39 is 12.2 Å². The molecule has 0 radical (unpaired) electrons. The molecule has 2 unspecified atom stereocenters. The Kier molecular flexibility index (Phi) is 3.62. The normalized spacial score (nSPS) is 13.8. The third-order valence-electron chi connectivity index (χ3n) is 2.40. The Morgan fingerprint density at radius 2 is 2.06 bits per heavy atom. The Hall–Kier alpha value is -2.30. The zero-order valence-electron chi connectivity index (χ0n) is 9.38. The third-order valence-corrected chi connectivity index (χ3v) is 2.40. The first-order valence-electron chi connectivity index (χ1n) is 5.25. The lowest BCUT2D eigenvalue weighted by molar-refractivity contribution is 0.0212. The molecule has 0 aliphatic rings. The molecule has 0 fully saturated rings. The van der Waals surface area contributed by atoms with E-state index in [0.717, 1.165) is 0 Å². The fourth-order valence-electron chi connectivity index (χ4n) is 1.42. The Labute approximate surface area is 103 Å². The SMILES string of the molecule is N#CCC(O)C(O)c1cnc(-n2ccnc2)nc1. The maximum Gasteiger partial charge on any atom is 0.234 e. The molecule has 0 aliphatic carbocycles. The van der Waals surface area contributed by atoms with Crippen molar-refractivity contribution in [1.29, 1.82) is 5.26 Å². The second-order valence-electron chi connectivity index (χ2n) is 3.66. The van der Waals surface area contributed by atoms with Crippen molar-refractivity contribution in [3.63, 3.8) is 0 Å². The fourth-order valence-corrected chi connectivity index (χ4v) is 1.42. The number of aliphatic hydroxyl groups is 2. The molecule has 2 atom stereocenters. The van der Waals surface area contributed by atoms with Crippen LogP contribution in [0.3, 0.4) is 0 Å². The van der Waals surface area contributed by atoms with E-state index in [4.69, 9.17) is 5.26 Å². The average Bonchev–Trinajstić information content (AvgIpc) is 2.92. The molecule has 92 valence electrons. The van der Waals surface area contributed by atoms with Gasteiger partial charge in [-0.05, 0) is 0 Å². The molecule has 0 aromatic carbocycles. The zero-order valence-corrected chi connectivity index (χ0v) is 9.38. The van der Waals surface area contributed by atoms with Crippen molar-refractivity contribution in [3.05, 3.63) is 36.7 Å². The highest BCUT2D eigenvalue weighted by Crippen LogP contribution is 2.17. The van der Waals surface area contributed by atoms with Gasteiger partial charge in [0, 0.05) is 30.4 Å². The first kappa shape index (κ1) is 12.2. The number of rotatable bonds is 4. The third kappa shape index (κ3) is 2.51. The number of nitrogens with zero attached hydrogens (tertiary/aromatic N) is 5. The van der Waals surface area contributed by atoms with Gasteiger partial charge in [0.25, 0.3) is 0 Å². The van der Waals surface area contributed by atoms with Crippen LogP contribution in [0.2, 0.25) is 0 Å². The summed E-state index contributed by atoms with van der Waals surface area (Å²) in [6.07, 6.45) is 5.21. The number of hydrogen-bond acceptors (Lipinski definition) is 6. The molecule has 7 nitrogen and oxygen atoms in total. The zero-order chi connectivity index (χ0) is 13.0. The fraction of sp³-hybridized carbons (Fsp3) is 0.273. The van der Waals surface area contributed by atoms with Crippen LogP contribution >= 0.6 is 0 Å². The highest BCUT2D eigenvalue weighted by molar-refractivity contribution is 5.17. The summed E-state index contributed by atoms with van der Waals surface area (Å²) in [7, 11) is 0. The van der Waals surface area contributed by atoms with Gasteiger partial charge in [-0.3, -0.25) is 4.57 Å². The van der Waals surface area contributed by atoms with Crippen molar-refractivity contribution in [2.75, 3.05) is 0 Å². The maximum absolute atomic E-state index is 9.74. The summed E-state index contributed by atoms with van der Waals surface area (Å²) >= 11 is 0. The van der Waals surface area contributed by atoms with Gasteiger partial charge in [-0.1, -0.05) is 0 Å². The Morgan fingerprint density at radius 1 is 1.33 bits per heavy atom. The molecule has 0 saturated heterocycles. The standard InChI is InChI=1S/C11H11N5O2/c12-2-1-9(17)10(18)8-5-14-11(15-6-8)16-4-3-13-7-16/h3-7,9-10,17-18H,1H2. The smallest absolute Gasteiger partial charge is 0.234 e. The van der Waals surface area contributed by atoms with E-state index >= 15 is 0 Å². The van der Waals surface area contributed by atoms with Crippen molar-refractivity contribution in [2.45, 2.75) is 18.6 Å². The van der Waals surface area contributed by atoms with Crippen molar-refractivity contribution in [1.82, 2.24) is 19.5 Å². The van der Waals surface area contributed by atoms with Gasteiger partial charge in [-0.15, -0.1) is 0 Å². The average molecular weight is 245 g/mol. The van der Waals surface area contributed by atoms with Crippen LogP contribution in [0.4, 0.5) is 0 Å². The Bertz CT molecular complexity index is 532. The lowest BCUT2D eigenvalue weighted by Gasteiger charge is -2.14. The second kappa shape index (κ2) is 5.35. The molecule has 18 heavy (non-hydrogen) atoms. The van der Waals surface area contributed by atoms with Crippen molar-refractivity contribution >= 4 is 0 Å². The molecular formula is C11H11N5O2. The molecule has 0 bridgehead atoms. The Balaban J connectivity index is 2.15. The van der Waals surface area contributed by atoms with Gasteiger partial charge in [0.1, 0.15) is 12.4 Å². The van der Waals surface area contributed by atoms with E-state index in [2.05, 4.69) is 15.0 Å². The number of nitriles is 1. The molecule has 0 amide bonds. The van der Waals surface area contributed by atoms with Gasteiger partial charge in [0.2, 0.25) is 5.95 Å². The van der Waals surface area contributed by atoms with E-state index in [9.17, 15) is 10.2 Å². The maximum atomic E-state index is 9.74. The highest BCUT2D eigenvalue weighted by atomic mass is 16.3. The van der Waals surface area contributed by atoms with Gasteiger partial charge in [0.15, 0.2) is 0 Å². The molecule has 2 rings (SSSR count). The van der Waals surface area contributed by atoms with Crippen LogP contribution in [0.15, 0.2) is 31.1 Å². The predicted molar refractivity (Wildman–Crippen MR) is 60.4 cm³/mol. The first-order chi connectivity index (χ1) is 8.72. The van der Waals surface area contributed by atoms with E-state index in [0.29, 0.717) is 11.5 Å². The Morgan fingerprint density at radius 3 is 2.61 bits per heavy atom.